The number of benzene rings is 10. The SMILES string of the molecule is c1ccc(-c2cccc3sc4c(N(c5ccc(-c6cccc7ccccc67)cc5)c5cccc6c5-c5ccccc5C65c6ccccc6-c6ccccc65)cccc4c23)cc1. The smallest absolute Gasteiger partial charge is 0.0726 e. The molecule has 1 aromatic heterocycles. The van der Waals surface area contributed by atoms with Gasteiger partial charge in [-0.1, -0.05) is 194 Å². The first-order valence-electron chi connectivity index (χ1n) is 21.1. The first-order chi connectivity index (χ1) is 30.3. The van der Waals surface area contributed by atoms with E-state index in [9.17, 15) is 0 Å². The van der Waals surface area contributed by atoms with Gasteiger partial charge in [0.05, 0.1) is 21.5 Å². The molecule has 2 heteroatoms. The van der Waals surface area contributed by atoms with E-state index in [4.69, 9.17) is 0 Å². The van der Waals surface area contributed by atoms with Gasteiger partial charge in [-0.05, 0) is 102 Å². The van der Waals surface area contributed by atoms with Gasteiger partial charge in [-0.25, -0.2) is 0 Å². The summed E-state index contributed by atoms with van der Waals surface area (Å²) in [5, 5.41) is 5.10. The largest absolute Gasteiger partial charge is 0.308 e. The molecule has 0 aliphatic heterocycles. The molecule has 0 bridgehead atoms. The van der Waals surface area contributed by atoms with E-state index in [2.05, 4.69) is 229 Å². The topological polar surface area (TPSA) is 3.24 Å². The summed E-state index contributed by atoms with van der Waals surface area (Å²) in [6.45, 7) is 0. The molecule has 0 N–H and O–H groups in total. The fourth-order valence-electron chi connectivity index (χ4n) is 10.9. The molecule has 11 aromatic rings. The van der Waals surface area contributed by atoms with Crippen molar-refractivity contribution < 1.29 is 0 Å². The molecule has 0 saturated carbocycles. The van der Waals surface area contributed by atoms with Crippen LogP contribution in [0, 0.1) is 0 Å². The van der Waals surface area contributed by atoms with Crippen LogP contribution < -0.4 is 4.90 Å². The van der Waals surface area contributed by atoms with Crippen molar-refractivity contribution in [3.63, 3.8) is 0 Å². The van der Waals surface area contributed by atoms with Gasteiger partial charge in [-0.2, -0.15) is 0 Å². The highest BCUT2D eigenvalue weighted by atomic mass is 32.1. The van der Waals surface area contributed by atoms with Crippen LogP contribution in [0.3, 0.4) is 0 Å². The van der Waals surface area contributed by atoms with Crippen LogP contribution in [0.1, 0.15) is 22.3 Å². The molecule has 2 aliphatic rings. The molecule has 0 atom stereocenters. The van der Waals surface area contributed by atoms with Gasteiger partial charge >= 0.3 is 0 Å². The van der Waals surface area contributed by atoms with Crippen molar-refractivity contribution in [2.24, 2.45) is 0 Å². The molecule has 61 heavy (non-hydrogen) atoms. The summed E-state index contributed by atoms with van der Waals surface area (Å²) in [6, 6.07) is 83.4. The number of nitrogens with zero attached hydrogens (tertiary/aromatic N) is 1. The van der Waals surface area contributed by atoms with E-state index in [1.54, 1.807) is 0 Å². The summed E-state index contributed by atoms with van der Waals surface area (Å²) in [5.41, 5.74) is 18.6. The Balaban J connectivity index is 1.10. The average molecular weight is 792 g/mol. The number of thiophene rings is 1. The second kappa shape index (κ2) is 13.2. The molecule has 1 nitrogen and oxygen atoms in total. The van der Waals surface area contributed by atoms with Crippen LogP contribution in [0.15, 0.2) is 224 Å². The van der Waals surface area contributed by atoms with Gasteiger partial charge in [0.15, 0.2) is 0 Å². The lowest BCUT2D eigenvalue weighted by Gasteiger charge is -2.32. The molecule has 0 amide bonds. The van der Waals surface area contributed by atoms with Crippen molar-refractivity contribution in [2.75, 3.05) is 4.90 Å². The van der Waals surface area contributed by atoms with Crippen molar-refractivity contribution in [1.29, 1.82) is 0 Å². The standard InChI is InChI=1S/C59H37NS/c1-2-16-39(17-3-1)44-25-14-33-55-56(44)48-26-13-32-54(58(48)61-55)60(41-36-34-40(35-37-41)43-24-12-19-38-18-4-5-20-42(38)43)53-31-15-30-52-57(53)47-23-8-11-29-51(47)59(52)49-27-9-6-21-45(49)46-22-7-10-28-50(46)59/h1-37H. The Morgan fingerprint density at radius 2 is 0.869 bits per heavy atom. The van der Waals surface area contributed by atoms with E-state index in [-0.39, 0.29) is 0 Å². The summed E-state index contributed by atoms with van der Waals surface area (Å²) in [5.74, 6) is 0. The number of anilines is 3. The lowest BCUT2D eigenvalue weighted by atomic mass is 9.70. The van der Waals surface area contributed by atoms with Gasteiger partial charge in [0, 0.05) is 26.7 Å². The van der Waals surface area contributed by atoms with Crippen LogP contribution in [-0.2, 0) is 5.41 Å². The van der Waals surface area contributed by atoms with Gasteiger partial charge in [0.25, 0.3) is 0 Å². The Morgan fingerprint density at radius 3 is 1.66 bits per heavy atom. The first kappa shape index (κ1) is 34.4. The minimum absolute atomic E-state index is 0.437. The maximum absolute atomic E-state index is 2.55. The Kier molecular flexibility index (Phi) is 7.46. The van der Waals surface area contributed by atoms with Gasteiger partial charge in [0.2, 0.25) is 0 Å². The Hall–Kier alpha value is -7.52. The lowest BCUT2D eigenvalue weighted by Crippen LogP contribution is -2.26. The fourth-order valence-corrected chi connectivity index (χ4v) is 12.1. The van der Waals surface area contributed by atoms with Crippen LogP contribution >= 0.6 is 11.3 Å². The highest BCUT2D eigenvalue weighted by Gasteiger charge is 2.52. The Labute approximate surface area is 359 Å². The van der Waals surface area contributed by atoms with Gasteiger partial charge in [-0.15, -0.1) is 11.3 Å². The van der Waals surface area contributed by atoms with E-state index in [0.717, 1.165) is 5.69 Å². The lowest BCUT2D eigenvalue weighted by molar-refractivity contribution is 0.794. The number of hydrogen-bond donors (Lipinski definition) is 0. The average Bonchev–Trinajstić information content (AvgIpc) is 3.97. The minimum atomic E-state index is -0.437. The van der Waals surface area contributed by atoms with Crippen molar-refractivity contribution in [1.82, 2.24) is 0 Å². The third kappa shape index (κ3) is 4.83. The number of fused-ring (bicyclic) bond motifs is 14. The molecular weight excluding hydrogens is 755 g/mol. The van der Waals surface area contributed by atoms with E-state index < -0.39 is 5.41 Å². The quantitative estimate of drug-likeness (QED) is 0.168. The Bertz CT molecular complexity index is 3490. The summed E-state index contributed by atoms with van der Waals surface area (Å²) in [6.07, 6.45) is 0. The molecule has 0 saturated heterocycles. The third-order valence-corrected chi connectivity index (χ3v) is 14.5. The van der Waals surface area contributed by atoms with Crippen LogP contribution in [0.25, 0.3) is 75.5 Å². The summed E-state index contributed by atoms with van der Waals surface area (Å²) in [7, 11) is 0. The third-order valence-electron chi connectivity index (χ3n) is 13.3. The second-order valence-electron chi connectivity index (χ2n) is 16.3. The highest BCUT2D eigenvalue weighted by Crippen LogP contribution is 2.65. The predicted octanol–water partition coefficient (Wildman–Crippen LogP) is 16.4. The molecule has 0 radical (unpaired) electrons. The monoisotopic (exact) mass is 791 g/mol. The van der Waals surface area contributed by atoms with Crippen LogP contribution in [0.2, 0.25) is 0 Å². The molecule has 0 unspecified atom stereocenters. The summed E-state index contributed by atoms with van der Waals surface area (Å²) >= 11 is 1.89. The molecule has 13 rings (SSSR count). The van der Waals surface area contributed by atoms with E-state index in [1.165, 1.54) is 109 Å². The van der Waals surface area contributed by atoms with Crippen molar-refractivity contribution in [3.8, 4) is 44.5 Å². The van der Waals surface area contributed by atoms with Crippen molar-refractivity contribution in [3.05, 3.63) is 247 Å². The zero-order valence-electron chi connectivity index (χ0n) is 33.2. The van der Waals surface area contributed by atoms with Gasteiger partial charge in [0.1, 0.15) is 0 Å². The summed E-state index contributed by atoms with van der Waals surface area (Å²) in [4.78, 5) is 2.55. The normalized spacial score (nSPS) is 13.0. The van der Waals surface area contributed by atoms with E-state index >= 15 is 0 Å². The zero-order valence-corrected chi connectivity index (χ0v) is 34.0. The Morgan fingerprint density at radius 1 is 0.344 bits per heavy atom. The van der Waals surface area contributed by atoms with Gasteiger partial charge in [-0.3, -0.25) is 0 Å². The highest BCUT2D eigenvalue weighted by molar-refractivity contribution is 7.26. The predicted molar refractivity (Wildman–Crippen MR) is 259 cm³/mol. The molecule has 1 heterocycles. The number of hydrogen-bond acceptors (Lipinski definition) is 2. The molecule has 284 valence electrons. The van der Waals surface area contributed by atoms with Gasteiger partial charge < -0.3 is 4.90 Å². The fraction of sp³-hybridized carbons (Fsp3) is 0.0169. The molecule has 1 spiro atoms. The molecule has 0 fully saturated rings. The van der Waals surface area contributed by atoms with E-state index in [0.29, 0.717) is 0 Å². The molecule has 10 aromatic carbocycles. The zero-order chi connectivity index (χ0) is 40.1. The van der Waals surface area contributed by atoms with Crippen molar-refractivity contribution >= 4 is 59.3 Å². The molecule has 2 aliphatic carbocycles. The van der Waals surface area contributed by atoms with Crippen LogP contribution in [0.5, 0.6) is 0 Å². The van der Waals surface area contributed by atoms with Crippen LogP contribution in [0.4, 0.5) is 17.1 Å². The van der Waals surface area contributed by atoms with Crippen molar-refractivity contribution in [2.45, 2.75) is 5.41 Å². The van der Waals surface area contributed by atoms with Crippen LogP contribution in [-0.4, -0.2) is 0 Å². The van der Waals surface area contributed by atoms with E-state index in [1.807, 2.05) is 11.3 Å². The first-order valence-corrected chi connectivity index (χ1v) is 21.9. The maximum atomic E-state index is 2.55. The molecular formula is C59H37NS. The maximum Gasteiger partial charge on any atom is 0.0726 e. The second-order valence-corrected chi connectivity index (χ2v) is 17.3. The summed E-state index contributed by atoms with van der Waals surface area (Å²) < 4.78 is 2.56. The number of rotatable bonds is 5. The minimum Gasteiger partial charge on any atom is -0.308 e.